The molecule has 0 bridgehead atoms. The first-order chi connectivity index (χ1) is 6.74. The molecule has 78 valence electrons. The second kappa shape index (κ2) is 5.91. The van der Waals surface area contributed by atoms with E-state index in [9.17, 15) is 0 Å². The maximum Gasteiger partial charge on any atom is 0.126 e. The summed E-state index contributed by atoms with van der Waals surface area (Å²) in [6, 6.07) is 2.14. The first-order valence-corrected chi connectivity index (χ1v) is 6.18. The lowest BCUT2D eigenvalue weighted by atomic mass is 10.1. The third-order valence-corrected chi connectivity index (χ3v) is 3.06. The van der Waals surface area contributed by atoms with Crippen LogP contribution in [0.1, 0.15) is 24.5 Å². The molecule has 2 nitrogen and oxygen atoms in total. The third-order valence-electron chi connectivity index (χ3n) is 2.08. The molecular formula is C11H18N2S. The van der Waals surface area contributed by atoms with Crippen LogP contribution in [0.3, 0.4) is 0 Å². The number of thioether (sulfide) groups is 1. The molecule has 0 aromatic carbocycles. The fourth-order valence-electron chi connectivity index (χ4n) is 1.35. The van der Waals surface area contributed by atoms with Crippen molar-refractivity contribution >= 4 is 17.6 Å². The van der Waals surface area contributed by atoms with Gasteiger partial charge < -0.3 is 5.73 Å². The molecule has 0 saturated heterocycles. The molecule has 0 aliphatic rings. The zero-order chi connectivity index (χ0) is 10.4. The molecule has 0 saturated carbocycles. The summed E-state index contributed by atoms with van der Waals surface area (Å²) in [6.07, 6.45) is 4.06. The standard InChI is InChI=1S/C11H18N2S/c1-3-14-6-4-5-10-7-9(2)8-13-11(10)12/h7-8H,3-6H2,1-2H3,(H2,12,13). The van der Waals surface area contributed by atoms with Crippen molar-refractivity contribution in [2.75, 3.05) is 17.2 Å². The van der Waals surface area contributed by atoms with Gasteiger partial charge in [-0.2, -0.15) is 11.8 Å². The monoisotopic (exact) mass is 210 g/mol. The highest BCUT2D eigenvalue weighted by Crippen LogP contribution is 2.14. The minimum Gasteiger partial charge on any atom is -0.383 e. The van der Waals surface area contributed by atoms with Gasteiger partial charge in [0.25, 0.3) is 0 Å². The Morgan fingerprint density at radius 3 is 3.00 bits per heavy atom. The summed E-state index contributed by atoms with van der Waals surface area (Å²) in [5.74, 6) is 3.10. The molecule has 1 aromatic heterocycles. The highest BCUT2D eigenvalue weighted by atomic mass is 32.2. The van der Waals surface area contributed by atoms with Gasteiger partial charge in [-0.3, -0.25) is 0 Å². The molecule has 1 rings (SSSR count). The topological polar surface area (TPSA) is 38.9 Å². The van der Waals surface area contributed by atoms with Crippen molar-refractivity contribution in [2.45, 2.75) is 26.7 Å². The highest BCUT2D eigenvalue weighted by Gasteiger charge is 2.00. The van der Waals surface area contributed by atoms with Crippen LogP contribution < -0.4 is 5.73 Å². The maximum atomic E-state index is 5.79. The summed E-state index contributed by atoms with van der Waals surface area (Å²) < 4.78 is 0. The van der Waals surface area contributed by atoms with E-state index in [4.69, 9.17) is 5.73 Å². The van der Waals surface area contributed by atoms with Crippen LogP contribution in [0.4, 0.5) is 5.82 Å². The van der Waals surface area contributed by atoms with E-state index in [-0.39, 0.29) is 0 Å². The number of aromatic nitrogens is 1. The van der Waals surface area contributed by atoms with Crippen LogP contribution in [0.2, 0.25) is 0 Å². The van der Waals surface area contributed by atoms with Crippen molar-refractivity contribution in [3.05, 3.63) is 23.4 Å². The number of nitrogens with two attached hydrogens (primary N) is 1. The van der Waals surface area contributed by atoms with Gasteiger partial charge >= 0.3 is 0 Å². The van der Waals surface area contributed by atoms with Gasteiger partial charge in [0.15, 0.2) is 0 Å². The van der Waals surface area contributed by atoms with E-state index in [1.54, 1.807) is 0 Å². The van der Waals surface area contributed by atoms with Crippen LogP contribution in [-0.2, 0) is 6.42 Å². The molecule has 0 unspecified atom stereocenters. The Bertz CT molecular complexity index is 287. The number of rotatable bonds is 5. The Morgan fingerprint density at radius 2 is 2.29 bits per heavy atom. The Kier molecular flexibility index (Phi) is 4.80. The van der Waals surface area contributed by atoms with Crippen molar-refractivity contribution in [1.29, 1.82) is 0 Å². The van der Waals surface area contributed by atoms with Gasteiger partial charge in [0.1, 0.15) is 5.82 Å². The van der Waals surface area contributed by atoms with Crippen molar-refractivity contribution in [3.8, 4) is 0 Å². The van der Waals surface area contributed by atoms with Gasteiger partial charge in [-0.05, 0) is 42.4 Å². The number of hydrogen-bond acceptors (Lipinski definition) is 3. The highest BCUT2D eigenvalue weighted by molar-refractivity contribution is 7.99. The van der Waals surface area contributed by atoms with E-state index in [1.807, 2.05) is 18.0 Å². The Morgan fingerprint density at radius 1 is 1.50 bits per heavy atom. The predicted molar refractivity (Wildman–Crippen MR) is 64.7 cm³/mol. The number of pyridine rings is 1. The minimum absolute atomic E-state index is 0.692. The predicted octanol–water partition coefficient (Wildman–Crippen LogP) is 2.66. The van der Waals surface area contributed by atoms with Crippen molar-refractivity contribution in [1.82, 2.24) is 4.98 Å². The molecule has 2 N–H and O–H groups in total. The third kappa shape index (κ3) is 3.58. The van der Waals surface area contributed by atoms with Gasteiger partial charge in [0.2, 0.25) is 0 Å². The molecule has 0 amide bonds. The van der Waals surface area contributed by atoms with Crippen LogP contribution in [-0.4, -0.2) is 16.5 Å². The fraction of sp³-hybridized carbons (Fsp3) is 0.545. The van der Waals surface area contributed by atoms with Crippen LogP contribution in [0.15, 0.2) is 12.3 Å². The SMILES string of the molecule is CCSCCCc1cc(C)cnc1N. The summed E-state index contributed by atoms with van der Waals surface area (Å²) >= 11 is 1.98. The first kappa shape index (κ1) is 11.4. The number of hydrogen-bond donors (Lipinski definition) is 1. The van der Waals surface area contributed by atoms with Crippen LogP contribution >= 0.6 is 11.8 Å². The molecule has 3 heteroatoms. The average Bonchev–Trinajstić information content (AvgIpc) is 2.18. The van der Waals surface area contributed by atoms with Gasteiger partial charge in [-0.15, -0.1) is 0 Å². The molecule has 1 heterocycles. The van der Waals surface area contributed by atoms with E-state index < -0.39 is 0 Å². The van der Waals surface area contributed by atoms with Crippen molar-refractivity contribution in [2.24, 2.45) is 0 Å². The zero-order valence-corrected chi connectivity index (χ0v) is 9.73. The van der Waals surface area contributed by atoms with Gasteiger partial charge in [0.05, 0.1) is 0 Å². The van der Waals surface area contributed by atoms with E-state index in [0.29, 0.717) is 5.82 Å². The summed E-state index contributed by atoms with van der Waals surface area (Å²) in [6.45, 7) is 4.24. The fourth-order valence-corrected chi connectivity index (χ4v) is 1.99. The second-order valence-corrected chi connectivity index (χ2v) is 4.75. The number of aryl methyl sites for hydroxylation is 2. The Hall–Kier alpha value is -0.700. The molecule has 0 aliphatic heterocycles. The van der Waals surface area contributed by atoms with E-state index >= 15 is 0 Å². The lowest BCUT2D eigenvalue weighted by molar-refractivity contribution is 0.926. The molecule has 0 spiro atoms. The normalized spacial score (nSPS) is 10.4. The number of nitrogen functional groups attached to an aromatic ring is 1. The first-order valence-electron chi connectivity index (χ1n) is 5.02. The lowest BCUT2D eigenvalue weighted by Crippen LogP contribution is -1.99. The van der Waals surface area contributed by atoms with E-state index in [1.165, 1.54) is 29.1 Å². The van der Waals surface area contributed by atoms with Gasteiger partial charge in [0, 0.05) is 6.20 Å². The Balaban J connectivity index is 2.45. The zero-order valence-electron chi connectivity index (χ0n) is 8.92. The summed E-state index contributed by atoms with van der Waals surface area (Å²) in [4.78, 5) is 4.15. The molecular weight excluding hydrogens is 192 g/mol. The van der Waals surface area contributed by atoms with E-state index in [0.717, 1.165) is 6.42 Å². The lowest BCUT2D eigenvalue weighted by Gasteiger charge is -2.05. The minimum atomic E-state index is 0.692. The van der Waals surface area contributed by atoms with E-state index in [2.05, 4.69) is 24.9 Å². The van der Waals surface area contributed by atoms with Crippen LogP contribution in [0.25, 0.3) is 0 Å². The molecule has 0 aliphatic carbocycles. The smallest absolute Gasteiger partial charge is 0.126 e. The molecule has 0 fully saturated rings. The summed E-state index contributed by atoms with van der Waals surface area (Å²) in [5.41, 5.74) is 8.17. The van der Waals surface area contributed by atoms with Gasteiger partial charge in [-0.1, -0.05) is 13.0 Å². The number of anilines is 1. The quantitative estimate of drug-likeness (QED) is 0.759. The average molecular weight is 210 g/mol. The number of nitrogens with zero attached hydrogens (tertiary/aromatic N) is 1. The molecule has 14 heavy (non-hydrogen) atoms. The second-order valence-electron chi connectivity index (χ2n) is 3.36. The van der Waals surface area contributed by atoms with Gasteiger partial charge in [-0.25, -0.2) is 4.98 Å². The van der Waals surface area contributed by atoms with Crippen molar-refractivity contribution < 1.29 is 0 Å². The molecule has 0 radical (unpaired) electrons. The molecule has 1 aromatic rings. The largest absolute Gasteiger partial charge is 0.383 e. The molecule has 0 atom stereocenters. The summed E-state index contributed by atoms with van der Waals surface area (Å²) in [5, 5.41) is 0. The van der Waals surface area contributed by atoms with Crippen molar-refractivity contribution in [3.63, 3.8) is 0 Å². The Labute approximate surface area is 90.3 Å². The van der Waals surface area contributed by atoms with Crippen LogP contribution in [0, 0.1) is 6.92 Å². The van der Waals surface area contributed by atoms with Crippen LogP contribution in [0.5, 0.6) is 0 Å². The summed E-state index contributed by atoms with van der Waals surface area (Å²) in [7, 11) is 0. The maximum absolute atomic E-state index is 5.79.